The average molecular weight is 1230 g/mol. The number of rotatable bonds is 9. The summed E-state index contributed by atoms with van der Waals surface area (Å²) in [4.78, 5) is 9.93. The fourth-order valence-corrected chi connectivity index (χ4v) is 9.63. The van der Waals surface area contributed by atoms with Crippen LogP contribution in [0.3, 0.4) is 0 Å². The van der Waals surface area contributed by atoms with Gasteiger partial charge in [0, 0.05) is 52.6 Å². The predicted octanol–water partition coefficient (Wildman–Crippen LogP) is 16.9. The van der Waals surface area contributed by atoms with Gasteiger partial charge in [-0.05, 0) is 109 Å². The zero-order valence-electron chi connectivity index (χ0n) is 39.0. The largest absolute Gasteiger partial charge is 0.304 e. The van der Waals surface area contributed by atoms with Gasteiger partial charge in [-0.1, -0.05) is 201 Å². The van der Waals surface area contributed by atoms with Gasteiger partial charge in [-0.15, -0.1) is 59.7 Å². The van der Waals surface area contributed by atoms with Crippen molar-refractivity contribution in [1.29, 1.82) is 0 Å². The van der Waals surface area contributed by atoms with E-state index in [0.29, 0.717) is 0 Å². The quantitative estimate of drug-likeness (QED) is 0.135. The molecule has 10 rings (SSSR count). The van der Waals surface area contributed by atoms with Crippen molar-refractivity contribution < 1.29 is 40.2 Å². The first-order valence-corrected chi connectivity index (χ1v) is 22.7. The molecule has 0 amide bonds. The van der Waals surface area contributed by atoms with Crippen LogP contribution in [0.4, 0.5) is 0 Å². The molecule has 336 valence electrons. The van der Waals surface area contributed by atoms with Gasteiger partial charge in [0.25, 0.3) is 0 Å². The van der Waals surface area contributed by atoms with E-state index in [1.165, 1.54) is 77.9 Å². The topological polar surface area (TPSA) is 25.8 Å². The molecule has 0 aliphatic carbocycles. The Morgan fingerprint density at radius 2 is 0.618 bits per heavy atom. The summed E-state index contributed by atoms with van der Waals surface area (Å²) in [7, 11) is 0. The number of nitrogens with zero attached hydrogens (tertiary/aromatic N) is 2. The molecular formula is C64H50Ir2N2-2. The summed E-state index contributed by atoms with van der Waals surface area (Å²) in [6.45, 7) is 13.0. The third kappa shape index (κ3) is 10.1. The number of pyridine rings is 2. The molecule has 0 unspecified atom stereocenters. The first-order valence-electron chi connectivity index (χ1n) is 22.7. The number of hydrogen-bond acceptors (Lipinski definition) is 2. The molecule has 2 aromatic heterocycles. The summed E-state index contributed by atoms with van der Waals surface area (Å²) in [5.41, 5.74) is 27.4. The van der Waals surface area contributed by atoms with Crippen LogP contribution < -0.4 is 0 Å². The van der Waals surface area contributed by atoms with Crippen molar-refractivity contribution in [3.8, 4) is 100 Å². The van der Waals surface area contributed by atoms with E-state index in [0.717, 1.165) is 55.9 Å². The van der Waals surface area contributed by atoms with Gasteiger partial charge < -0.3 is 9.97 Å². The summed E-state index contributed by atoms with van der Waals surface area (Å²) in [6.07, 6.45) is 3.97. The Kier molecular flexibility index (Phi) is 14.6. The zero-order chi connectivity index (χ0) is 45.3. The maximum absolute atomic E-state index is 4.96. The van der Waals surface area contributed by atoms with Gasteiger partial charge in [0.15, 0.2) is 0 Å². The Balaban J connectivity index is 0.00000312. The third-order valence-corrected chi connectivity index (χ3v) is 12.4. The minimum absolute atomic E-state index is 0. The molecule has 2 radical (unpaired) electrons. The van der Waals surface area contributed by atoms with Crippen LogP contribution in [0.1, 0.15) is 33.4 Å². The fraction of sp³-hybridized carbons (Fsp3) is 0.0938. The maximum Gasteiger partial charge on any atom is 0.0239 e. The van der Waals surface area contributed by atoms with Crippen LogP contribution in [-0.4, -0.2) is 9.97 Å². The first kappa shape index (κ1) is 47.8. The van der Waals surface area contributed by atoms with Gasteiger partial charge >= 0.3 is 0 Å². The molecule has 0 aliphatic heterocycles. The van der Waals surface area contributed by atoms with Crippen molar-refractivity contribution in [2.24, 2.45) is 0 Å². The smallest absolute Gasteiger partial charge is 0.0239 e. The summed E-state index contributed by atoms with van der Waals surface area (Å²) >= 11 is 0. The molecule has 0 bridgehead atoms. The van der Waals surface area contributed by atoms with E-state index >= 15 is 0 Å². The fourth-order valence-electron chi connectivity index (χ4n) is 9.63. The Hall–Kier alpha value is -6.64. The summed E-state index contributed by atoms with van der Waals surface area (Å²) in [6, 6.07) is 72.7. The SMILES string of the molecule is Cc1cc(C)cc(-c2ccccc2-c2ccc(-c3[c-]cc(-c4cccc(-c5c[c-]c(-c6ccc(-c7ccccc7-c7cc(C)cc(C)c7)cn6)cc5)c4-c4cc(C)cc(C)c4)cc3)nc2)c1.[Ir].[Ir]. The summed E-state index contributed by atoms with van der Waals surface area (Å²) in [5.74, 6) is 0. The molecule has 0 fully saturated rings. The van der Waals surface area contributed by atoms with E-state index in [9.17, 15) is 0 Å². The monoisotopic (exact) mass is 1230 g/mol. The molecule has 0 aliphatic rings. The van der Waals surface area contributed by atoms with Crippen LogP contribution in [0, 0.1) is 53.7 Å². The molecule has 0 saturated carbocycles. The first-order chi connectivity index (χ1) is 32.1. The predicted molar refractivity (Wildman–Crippen MR) is 277 cm³/mol. The van der Waals surface area contributed by atoms with Crippen LogP contribution in [0.25, 0.3) is 100 Å². The van der Waals surface area contributed by atoms with Gasteiger partial charge in [-0.3, -0.25) is 0 Å². The van der Waals surface area contributed by atoms with Gasteiger partial charge in [0.2, 0.25) is 0 Å². The summed E-state index contributed by atoms with van der Waals surface area (Å²) in [5, 5.41) is 0. The summed E-state index contributed by atoms with van der Waals surface area (Å²) < 4.78 is 0. The molecule has 0 spiro atoms. The second-order valence-electron chi connectivity index (χ2n) is 17.8. The second-order valence-corrected chi connectivity index (χ2v) is 17.8. The van der Waals surface area contributed by atoms with Crippen LogP contribution in [0.15, 0.2) is 194 Å². The van der Waals surface area contributed by atoms with E-state index in [1.54, 1.807) is 0 Å². The van der Waals surface area contributed by atoms with Crippen molar-refractivity contribution in [1.82, 2.24) is 9.97 Å². The van der Waals surface area contributed by atoms with E-state index in [2.05, 4.69) is 236 Å². The molecular weight excluding hydrogens is 1180 g/mol. The Morgan fingerprint density at radius 1 is 0.294 bits per heavy atom. The van der Waals surface area contributed by atoms with Crippen molar-refractivity contribution >= 4 is 0 Å². The molecule has 2 heterocycles. The van der Waals surface area contributed by atoms with Crippen LogP contribution in [0.2, 0.25) is 0 Å². The van der Waals surface area contributed by atoms with Gasteiger partial charge in [-0.25, -0.2) is 0 Å². The minimum atomic E-state index is 0. The molecule has 10 aromatic rings. The molecule has 0 atom stereocenters. The van der Waals surface area contributed by atoms with E-state index in [-0.39, 0.29) is 40.2 Å². The molecule has 8 aromatic carbocycles. The third-order valence-electron chi connectivity index (χ3n) is 12.4. The van der Waals surface area contributed by atoms with Gasteiger partial charge in [0.1, 0.15) is 0 Å². The maximum atomic E-state index is 4.96. The van der Waals surface area contributed by atoms with E-state index in [4.69, 9.17) is 9.97 Å². The zero-order valence-corrected chi connectivity index (χ0v) is 43.8. The number of benzene rings is 8. The Bertz CT molecular complexity index is 3130. The van der Waals surface area contributed by atoms with Crippen molar-refractivity contribution in [3.05, 3.63) is 240 Å². The molecule has 4 heteroatoms. The van der Waals surface area contributed by atoms with E-state index in [1.807, 2.05) is 12.4 Å². The van der Waals surface area contributed by atoms with E-state index < -0.39 is 0 Å². The number of aryl methyl sites for hydroxylation is 6. The molecule has 68 heavy (non-hydrogen) atoms. The van der Waals surface area contributed by atoms with Crippen molar-refractivity contribution in [2.45, 2.75) is 41.5 Å². The van der Waals surface area contributed by atoms with Crippen LogP contribution >= 0.6 is 0 Å². The molecule has 2 nitrogen and oxygen atoms in total. The second kappa shape index (κ2) is 20.7. The Morgan fingerprint density at radius 3 is 0.941 bits per heavy atom. The molecule has 0 N–H and O–H groups in total. The van der Waals surface area contributed by atoms with Crippen molar-refractivity contribution in [2.75, 3.05) is 0 Å². The standard InChI is InChI=1S/C64H50N2.2Ir/c1-41-30-42(2)34-53(33-41)58-14-9-7-12-56(58)51-26-28-62(65-39-51)49-22-18-47(19-23-49)60-16-11-17-61(64(60)55-37-45(5)32-46(6)38-55)48-20-24-50(25-21-48)63-29-27-52(40-66-63)57-13-8-10-15-59(57)54-35-43(3)31-44(4)36-54;;/h7-22,24,26-40H,1-6H3;;/q-2;;. The van der Waals surface area contributed by atoms with Crippen molar-refractivity contribution in [3.63, 3.8) is 0 Å². The number of hydrogen-bond donors (Lipinski definition) is 0. The average Bonchev–Trinajstić information content (AvgIpc) is 3.33. The minimum Gasteiger partial charge on any atom is -0.304 e. The normalized spacial score (nSPS) is 10.9. The van der Waals surface area contributed by atoms with Gasteiger partial charge in [-0.2, -0.15) is 0 Å². The Labute approximate surface area is 429 Å². The van der Waals surface area contributed by atoms with Crippen LogP contribution in [-0.2, 0) is 40.2 Å². The van der Waals surface area contributed by atoms with Crippen LogP contribution in [0.5, 0.6) is 0 Å². The molecule has 0 saturated heterocycles. The van der Waals surface area contributed by atoms with Gasteiger partial charge in [0.05, 0.1) is 0 Å². The number of aromatic nitrogens is 2.